The summed E-state index contributed by atoms with van der Waals surface area (Å²) in [4.78, 5) is 0. The predicted octanol–water partition coefficient (Wildman–Crippen LogP) is 4.80. The molecule has 2 rings (SSSR count). The van der Waals surface area contributed by atoms with E-state index in [4.69, 9.17) is 14.2 Å². The molecule has 0 fully saturated rings. The van der Waals surface area contributed by atoms with Crippen LogP contribution in [0.2, 0.25) is 0 Å². The SMILES string of the molecule is CCC(C)c1cc(OC)c(OC)cc1OCc1ccccc1. The van der Waals surface area contributed by atoms with Gasteiger partial charge < -0.3 is 14.2 Å². The minimum Gasteiger partial charge on any atom is -0.493 e. The van der Waals surface area contributed by atoms with Crippen molar-refractivity contribution in [1.29, 1.82) is 0 Å². The van der Waals surface area contributed by atoms with E-state index in [0.717, 1.165) is 29.0 Å². The van der Waals surface area contributed by atoms with E-state index in [1.165, 1.54) is 0 Å². The second kappa shape index (κ2) is 7.74. The van der Waals surface area contributed by atoms with Crippen LogP contribution in [0.5, 0.6) is 17.2 Å². The predicted molar refractivity (Wildman–Crippen MR) is 89.0 cm³/mol. The molecule has 1 unspecified atom stereocenters. The fraction of sp³-hybridized carbons (Fsp3) is 0.368. The van der Waals surface area contributed by atoms with Gasteiger partial charge >= 0.3 is 0 Å². The largest absolute Gasteiger partial charge is 0.493 e. The summed E-state index contributed by atoms with van der Waals surface area (Å²) in [6.45, 7) is 4.90. The van der Waals surface area contributed by atoms with E-state index >= 15 is 0 Å². The van der Waals surface area contributed by atoms with Gasteiger partial charge in [-0.3, -0.25) is 0 Å². The lowest BCUT2D eigenvalue weighted by molar-refractivity contribution is 0.295. The minimum absolute atomic E-state index is 0.394. The molecule has 1 atom stereocenters. The lowest BCUT2D eigenvalue weighted by atomic mass is 9.97. The maximum absolute atomic E-state index is 6.05. The van der Waals surface area contributed by atoms with Crippen LogP contribution in [-0.2, 0) is 6.61 Å². The minimum atomic E-state index is 0.394. The average molecular weight is 300 g/mol. The Morgan fingerprint density at radius 1 is 0.909 bits per heavy atom. The van der Waals surface area contributed by atoms with Crippen LogP contribution >= 0.6 is 0 Å². The van der Waals surface area contributed by atoms with Crippen molar-refractivity contribution in [1.82, 2.24) is 0 Å². The Morgan fingerprint density at radius 3 is 2.14 bits per heavy atom. The summed E-state index contributed by atoms with van der Waals surface area (Å²) < 4.78 is 16.9. The highest BCUT2D eigenvalue weighted by molar-refractivity contribution is 5.52. The van der Waals surface area contributed by atoms with Gasteiger partial charge in [-0.15, -0.1) is 0 Å². The Hall–Kier alpha value is -2.16. The normalized spacial score (nSPS) is 11.8. The first kappa shape index (κ1) is 16.2. The van der Waals surface area contributed by atoms with E-state index in [1.54, 1.807) is 14.2 Å². The summed E-state index contributed by atoms with van der Waals surface area (Å²) >= 11 is 0. The van der Waals surface area contributed by atoms with Crippen LogP contribution in [0.25, 0.3) is 0 Å². The maximum Gasteiger partial charge on any atom is 0.164 e. The maximum atomic E-state index is 6.05. The molecule has 3 nitrogen and oxygen atoms in total. The second-order valence-electron chi connectivity index (χ2n) is 5.33. The van der Waals surface area contributed by atoms with Crippen molar-refractivity contribution >= 4 is 0 Å². The van der Waals surface area contributed by atoms with Crippen molar-refractivity contribution in [3.05, 3.63) is 53.6 Å². The average Bonchev–Trinajstić information content (AvgIpc) is 2.59. The summed E-state index contributed by atoms with van der Waals surface area (Å²) in [7, 11) is 3.30. The molecule has 0 saturated heterocycles. The van der Waals surface area contributed by atoms with E-state index in [-0.39, 0.29) is 0 Å². The Kier molecular flexibility index (Phi) is 5.70. The number of ether oxygens (including phenoxy) is 3. The topological polar surface area (TPSA) is 27.7 Å². The molecule has 2 aromatic rings. The molecule has 0 aliphatic carbocycles. The van der Waals surface area contributed by atoms with Crippen LogP contribution in [0.15, 0.2) is 42.5 Å². The number of hydrogen-bond acceptors (Lipinski definition) is 3. The Morgan fingerprint density at radius 2 is 1.55 bits per heavy atom. The van der Waals surface area contributed by atoms with Crippen molar-refractivity contribution in [2.45, 2.75) is 32.8 Å². The quantitative estimate of drug-likeness (QED) is 0.735. The van der Waals surface area contributed by atoms with Crippen LogP contribution in [-0.4, -0.2) is 14.2 Å². The molecule has 0 spiro atoms. The van der Waals surface area contributed by atoms with E-state index in [1.807, 2.05) is 30.3 Å². The highest BCUT2D eigenvalue weighted by atomic mass is 16.5. The van der Waals surface area contributed by atoms with Gasteiger partial charge in [-0.05, 0) is 24.0 Å². The van der Waals surface area contributed by atoms with Gasteiger partial charge in [0.15, 0.2) is 11.5 Å². The molecule has 0 aromatic heterocycles. The zero-order valence-corrected chi connectivity index (χ0v) is 13.8. The van der Waals surface area contributed by atoms with E-state index in [9.17, 15) is 0 Å². The monoisotopic (exact) mass is 300 g/mol. The van der Waals surface area contributed by atoms with Gasteiger partial charge in [-0.25, -0.2) is 0 Å². The molecule has 0 N–H and O–H groups in total. The fourth-order valence-corrected chi connectivity index (χ4v) is 2.34. The first-order valence-electron chi connectivity index (χ1n) is 7.62. The van der Waals surface area contributed by atoms with Crippen molar-refractivity contribution in [3.8, 4) is 17.2 Å². The standard InChI is InChI=1S/C19H24O3/c1-5-14(2)16-11-18(20-3)19(21-4)12-17(16)22-13-15-9-7-6-8-10-15/h6-12,14H,5,13H2,1-4H3. The third-order valence-corrected chi connectivity index (χ3v) is 3.90. The van der Waals surface area contributed by atoms with Gasteiger partial charge in [0.2, 0.25) is 0 Å². The van der Waals surface area contributed by atoms with Crippen molar-refractivity contribution in [2.24, 2.45) is 0 Å². The Bertz CT molecular complexity index is 593. The Balaban J connectivity index is 2.30. The molecular formula is C19H24O3. The lowest BCUT2D eigenvalue weighted by Gasteiger charge is -2.19. The summed E-state index contributed by atoms with van der Waals surface area (Å²) in [6, 6.07) is 14.1. The molecule has 0 saturated carbocycles. The molecular weight excluding hydrogens is 276 g/mol. The number of rotatable bonds is 7. The fourth-order valence-electron chi connectivity index (χ4n) is 2.34. The highest BCUT2D eigenvalue weighted by Gasteiger charge is 2.16. The number of hydrogen-bond donors (Lipinski definition) is 0. The molecule has 22 heavy (non-hydrogen) atoms. The first-order chi connectivity index (χ1) is 10.7. The zero-order chi connectivity index (χ0) is 15.9. The molecule has 0 bridgehead atoms. The molecule has 3 heteroatoms. The lowest BCUT2D eigenvalue weighted by Crippen LogP contribution is -2.03. The smallest absolute Gasteiger partial charge is 0.164 e. The summed E-state index contributed by atoms with van der Waals surface area (Å²) in [5.41, 5.74) is 2.29. The second-order valence-corrected chi connectivity index (χ2v) is 5.33. The number of benzene rings is 2. The van der Waals surface area contributed by atoms with Crippen molar-refractivity contribution < 1.29 is 14.2 Å². The first-order valence-corrected chi connectivity index (χ1v) is 7.62. The van der Waals surface area contributed by atoms with E-state index < -0.39 is 0 Å². The molecule has 2 aromatic carbocycles. The third kappa shape index (κ3) is 3.73. The van der Waals surface area contributed by atoms with Gasteiger partial charge in [0.25, 0.3) is 0 Å². The van der Waals surface area contributed by atoms with Crippen molar-refractivity contribution in [3.63, 3.8) is 0 Å². The van der Waals surface area contributed by atoms with Gasteiger partial charge in [0, 0.05) is 11.6 Å². The molecule has 0 amide bonds. The van der Waals surface area contributed by atoms with E-state index in [2.05, 4.69) is 26.0 Å². The molecule has 0 radical (unpaired) electrons. The summed E-state index contributed by atoms with van der Waals surface area (Å²) in [6.07, 6.45) is 1.04. The molecule has 0 aliphatic heterocycles. The van der Waals surface area contributed by atoms with Gasteiger partial charge in [0.05, 0.1) is 14.2 Å². The van der Waals surface area contributed by atoms with Crippen LogP contribution in [0.3, 0.4) is 0 Å². The summed E-state index contributed by atoms with van der Waals surface area (Å²) in [5, 5.41) is 0. The van der Waals surface area contributed by atoms with Crippen LogP contribution < -0.4 is 14.2 Å². The zero-order valence-electron chi connectivity index (χ0n) is 13.8. The molecule has 0 aliphatic rings. The van der Waals surface area contributed by atoms with Crippen molar-refractivity contribution in [2.75, 3.05) is 14.2 Å². The van der Waals surface area contributed by atoms with Gasteiger partial charge in [0.1, 0.15) is 12.4 Å². The number of methoxy groups -OCH3 is 2. The van der Waals surface area contributed by atoms with Crippen LogP contribution in [0.4, 0.5) is 0 Å². The van der Waals surface area contributed by atoms with Crippen LogP contribution in [0, 0.1) is 0 Å². The summed E-state index contributed by atoms with van der Waals surface area (Å²) in [5.74, 6) is 2.68. The molecule has 118 valence electrons. The highest BCUT2D eigenvalue weighted by Crippen LogP contribution is 2.39. The Labute approximate surface area is 132 Å². The van der Waals surface area contributed by atoms with Crippen LogP contribution in [0.1, 0.15) is 37.3 Å². The van der Waals surface area contributed by atoms with E-state index in [0.29, 0.717) is 18.3 Å². The van der Waals surface area contributed by atoms with Gasteiger partial charge in [-0.1, -0.05) is 44.2 Å². The third-order valence-electron chi connectivity index (χ3n) is 3.90. The van der Waals surface area contributed by atoms with Gasteiger partial charge in [-0.2, -0.15) is 0 Å². The molecule has 0 heterocycles.